The van der Waals surface area contributed by atoms with Gasteiger partial charge >= 0.3 is 0 Å². The van der Waals surface area contributed by atoms with Crippen molar-refractivity contribution in [3.05, 3.63) is 54.0 Å². The second-order valence-electron chi connectivity index (χ2n) is 2.92. The van der Waals surface area contributed by atoms with E-state index >= 15 is 0 Å². The molecule has 0 amide bonds. The molecule has 0 aliphatic heterocycles. The van der Waals surface area contributed by atoms with Gasteiger partial charge in [0.25, 0.3) is 0 Å². The zero-order valence-corrected chi connectivity index (χ0v) is 8.63. The van der Waals surface area contributed by atoms with Crippen molar-refractivity contribution in [2.24, 2.45) is 0 Å². The summed E-state index contributed by atoms with van der Waals surface area (Å²) in [4.78, 5) is 0. The predicted octanol–water partition coefficient (Wildman–Crippen LogP) is 2.39. The second-order valence-corrected chi connectivity index (χ2v) is 4.87. The molecule has 0 spiro atoms. The highest BCUT2D eigenvalue weighted by molar-refractivity contribution is 7.93. The van der Waals surface area contributed by atoms with Gasteiger partial charge in [0.2, 0.25) is 0 Å². The molecule has 2 nitrogen and oxygen atoms in total. The molecule has 0 fully saturated rings. The van der Waals surface area contributed by atoms with E-state index in [1.807, 2.05) is 12.1 Å². The topological polar surface area (TPSA) is 34.1 Å². The molecule has 1 aromatic carbocycles. The zero-order valence-electron chi connectivity index (χ0n) is 7.81. The summed E-state index contributed by atoms with van der Waals surface area (Å²) in [5.74, 6) is 0.00786. The van der Waals surface area contributed by atoms with Crippen molar-refractivity contribution in [2.45, 2.75) is 5.75 Å². The maximum absolute atomic E-state index is 11.2. The van der Waals surface area contributed by atoms with E-state index < -0.39 is 9.84 Å². The van der Waals surface area contributed by atoms with Gasteiger partial charge in [0.1, 0.15) is 0 Å². The van der Waals surface area contributed by atoms with Gasteiger partial charge < -0.3 is 0 Å². The van der Waals surface area contributed by atoms with Crippen LogP contribution in [0.25, 0.3) is 6.08 Å². The smallest absolute Gasteiger partial charge is 0.175 e. The predicted molar refractivity (Wildman–Crippen MR) is 59.4 cm³/mol. The number of rotatable bonds is 4. The Hall–Kier alpha value is -1.35. The summed E-state index contributed by atoms with van der Waals surface area (Å²) in [6.07, 6.45) is 1.71. The van der Waals surface area contributed by atoms with Crippen molar-refractivity contribution in [3.63, 3.8) is 0 Å². The Morgan fingerprint density at radius 1 is 1.14 bits per heavy atom. The van der Waals surface area contributed by atoms with Crippen LogP contribution in [0.5, 0.6) is 0 Å². The fraction of sp³-hybridized carbons (Fsp3) is 0.0909. The molecule has 0 aromatic heterocycles. The third-order valence-electron chi connectivity index (χ3n) is 1.84. The third kappa shape index (κ3) is 2.85. The van der Waals surface area contributed by atoms with Crippen molar-refractivity contribution >= 4 is 15.9 Å². The monoisotopic (exact) mass is 208 g/mol. The summed E-state index contributed by atoms with van der Waals surface area (Å²) >= 11 is 0. The van der Waals surface area contributed by atoms with E-state index in [9.17, 15) is 8.42 Å². The van der Waals surface area contributed by atoms with Crippen LogP contribution in [0.3, 0.4) is 0 Å². The normalized spacial score (nSPS) is 10.9. The molecule has 0 N–H and O–H groups in total. The number of hydrogen-bond donors (Lipinski definition) is 0. The van der Waals surface area contributed by atoms with Gasteiger partial charge in [0, 0.05) is 5.41 Å². The van der Waals surface area contributed by atoms with Gasteiger partial charge in [-0.2, -0.15) is 0 Å². The Morgan fingerprint density at radius 2 is 1.71 bits per heavy atom. The molecule has 0 atom stereocenters. The van der Waals surface area contributed by atoms with Crippen LogP contribution in [-0.4, -0.2) is 8.42 Å². The molecular formula is C11H12O2S. The van der Waals surface area contributed by atoms with Crippen molar-refractivity contribution in [1.29, 1.82) is 0 Å². The Balaban J connectivity index is 2.89. The first-order valence-corrected chi connectivity index (χ1v) is 5.85. The molecule has 0 aliphatic rings. The average molecular weight is 208 g/mol. The van der Waals surface area contributed by atoms with Crippen LogP contribution in [0.15, 0.2) is 42.8 Å². The molecule has 0 saturated carbocycles. The first kappa shape index (κ1) is 10.7. The summed E-state index contributed by atoms with van der Waals surface area (Å²) in [6, 6.07) is 7.22. The van der Waals surface area contributed by atoms with Gasteiger partial charge in [0.15, 0.2) is 9.84 Å². The molecule has 14 heavy (non-hydrogen) atoms. The molecule has 0 radical (unpaired) electrons. The summed E-state index contributed by atoms with van der Waals surface area (Å²) < 4.78 is 22.4. The van der Waals surface area contributed by atoms with Crippen LogP contribution in [0.1, 0.15) is 11.1 Å². The lowest BCUT2D eigenvalue weighted by molar-refractivity contribution is 0.604. The van der Waals surface area contributed by atoms with Crippen LogP contribution in [0.2, 0.25) is 0 Å². The van der Waals surface area contributed by atoms with Gasteiger partial charge in [-0.05, 0) is 11.1 Å². The molecule has 74 valence electrons. The second kappa shape index (κ2) is 4.24. The minimum atomic E-state index is -3.15. The maximum atomic E-state index is 11.2. The summed E-state index contributed by atoms with van der Waals surface area (Å²) in [5.41, 5.74) is 1.74. The van der Waals surface area contributed by atoms with E-state index in [0.29, 0.717) is 0 Å². The molecule has 3 heteroatoms. The van der Waals surface area contributed by atoms with Crippen molar-refractivity contribution in [3.8, 4) is 0 Å². The van der Waals surface area contributed by atoms with E-state index in [1.54, 1.807) is 18.2 Å². The molecular weight excluding hydrogens is 196 g/mol. The highest BCUT2D eigenvalue weighted by Crippen LogP contribution is 2.09. The van der Waals surface area contributed by atoms with Gasteiger partial charge in [-0.25, -0.2) is 8.42 Å². The van der Waals surface area contributed by atoms with Gasteiger partial charge in [0.05, 0.1) is 5.75 Å². The number of hydrogen-bond acceptors (Lipinski definition) is 2. The van der Waals surface area contributed by atoms with Crippen LogP contribution >= 0.6 is 0 Å². The Bertz CT molecular complexity index is 427. The van der Waals surface area contributed by atoms with E-state index in [-0.39, 0.29) is 5.75 Å². The SMILES string of the molecule is C=Cc1ccc(CS(=O)(=O)C=C)cc1. The molecule has 1 rings (SSSR count). The summed E-state index contributed by atoms with van der Waals surface area (Å²) in [5, 5.41) is 0.981. The van der Waals surface area contributed by atoms with Crippen LogP contribution in [0.4, 0.5) is 0 Å². The summed E-state index contributed by atoms with van der Waals surface area (Å²) in [7, 11) is -3.15. The quantitative estimate of drug-likeness (QED) is 0.761. The van der Waals surface area contributed by atoms with Gasteiger partial charge in [-0.1, -0.05) is 43.5 Å². The van der Waals surface area contributed by atoms with E-state index in [2.05, 4.69) is 13.2 Å². The number of sulfone groups is 1. The van der Waals surface area contributed by atoms with Gasteiger partial charge in [-0.15, -0.1) is 0 Å². The lowest BCUT2D eigenvalue weighted by Crippen LogP contribution is -1.98. The molecule has 1 aromatic rings. The molecule has 0 bridgehead atoms. The Labute approximate surface area is 84.5 Å². The highest BCUT2D eigenvalue weighted by Gasteiger charge is 2.05. The molecule has 0 aliphatic carbocycles. The van der Waals surface area contributed by atoms with E-state index in [1.165, 1.54) is 0 Å². The van der Waals surface area contributed by atoms with E-state index in [4.69, 9.17) is 0 Å². The summed E-state index contributed by atoms with van der Waals surface area (Å²) in [6.45, 7) is 6.88. The molecule has 0 heterocycles. The van der Waals surface area contributed by atoms with Crippen molar-refractivity contribution in [1.82, 2.24) is 0 Å². The molecule has 0 saturated heterocycles. The average Bonchev–Trinajstić information content (AvgIpc) is 2.19. The first-order valence-electron chi connectivity index (χ1n) is 4.14. The minimum Gasteiger partial charge on any atom is -0.224 e. The standard InChI is InChI=1S/C11H12O2S/c1-3-10-5-7-11(8-6-10)9-14(12,13)4-2/h3-8H,1-2,9H2. The fourth-order valence-electron chi connectivity index (χ4n) is 1.04. The van der Waals surface area contributed by atoms with Crippen LogP contribution < -0.4 is 0 Å². The van der Waals surface area contributed by atoms with E-state index in [0.717, 1.165) is 16.5 Å². The van der Waals surface area contributed by atoms with Crippen LogP contribution in [0, 0.1) is 0 Å². The maximum Gasteiger partial charge on any atom is 0.175 e. The highest BCUT2D eigenvalue weighted by atomic mass is 32.2. The minimum absolute atomic E-state index is 0.00786. The van der Waals surface area contributed by atoms with Gasteiger partial charge in [-0.3, -0.25) is 0 Å². The Morgan fingerprint density at radius 3 is 2.14 bits per heavy atom. The lowest BCUT2D eigenvalue weighted by atomic mass is 10.1. The first-order chi connectivity index (χ1) is 6.57. The lowest BCUT2D eigenvalue weighted by Gasteiger charge is -2.00. The Kier molecular flexibility index (Phi) is 3.25. The zero-order chi connectivity index (χ0) is 10.6. The number of benzene rings is 1. The molecule has 0 unspecified atom stereocenters. The fourth-order valence-corrected chi connectivity index (χ4v) is 1.82. The van der Waals surface area contributed by atoms with Crippen molar-refractivity contribution < 1.29 is 8.42 Å². The third-order valence-corrected chi connectivity index (χ3v) is 3.08. The van der Waals surface area contributed by atoms with Crippen molar-refractivity contribution in [2.75, 3.05) is 0 Å². The van der Waals surface area contributed by atoms with Crippen LogP contribution in [-0.2, 0) is 15.6 Å². The largest absolute Gasteiger partial charge is 0.224 e.